The molecular formula is C13H17BrN2O3. The Balaban J connectivity index is 2.00. The molecule has 19 heavy (non-hydrogen) atoms. The zero-order valence-corrected chi connectivity index (χ0v) is 12.3. The molecule has 104 valence electrons. The quantitative estimate of drug-likeness (QED) is 0.890. The maximum absolute atomic E-state index is 12.2. The fraction of sp³-hybridized carbons (Fsp3) is 0.538. The highest BCUT2D eigenvalue weighted by atomic mass is 79.9. The van der Waals surface area contributed by atoms with Crippen LogP contribution in [0.5, 0.6) is 0 Å². The Morgan fingerprint density at radius 1 is 1.53 bits per heavy atom. The Hall–Kier alpha value is -1.30. The Bertz CT molecular complexity index is 498. The molecule has 2 N–H and O–H groups in total. The third kappa shape index (κ3) is 3.18. The van der Waals surface area contributed by atoms with Gasteiger partial charge in [-0.3, -0.25) is 9.59 Å². The monoisotopic (exact) mass is 328 g/mol. The fourth-order valence-corrected chi connectivity index (χ4v) is 2.99. The van der Waals surface area contributed by atoms with Gasteiger partial charge in [0.25, 0.3) is 5.91 Å². The largest absolute Gasteiger partial charge is 0.481 e. The summed E-state index contributed by atoms with van der Waals surface area (Å²) in [6.45, 7) is 2.69. The molecule has 0 unspecified atom stereocenters. The van der Waals surface area contributed by atoms with Crippen LogP contribution in [0.15, 0.2) is 16.7 Å². The number of aryl methyl sites for hydroxylation is 1. The molecule has 0 aromatic carbocycles. The number of carboxylic acid groups (broad SMARTS) is 1. The predicted molar refractivity (Wildman–Crippen MR) is 74.0 cm³/mol. The van der Waals surface area contributed by atoms with Crippen molar-refractivity contribution in [1.29, 1.82) is 0 Å². The zero-order chi connectivity index (χ0) is 14.0. The normalized spacial score (nSPS) is 22.4. The Labute approximate surface area is 120 Å². The molecule has 0 radical (unpaired) electrons. The second kappa shape index (κ2) is 5.77. The van der Waals surface area contributed by atoms with Crippen LogP contribution in [-0.2, 0) is 11.3 Å². The number of halogens is 1. The highest BCUT2D eigenvalue weighted by Crippen LogP contribution is 2.26. The number of hydrogen-bond donors (Lipinski definition) is 2. The molecule has 5 nitrogen and oxygen atoms in total. The Morgan fingerprint density at radius 2 is 2.26 bits per heavy atom. The lowest BCUT2D eigenvalue weighted by Gasteiger charge is -2.13. The summed E-state index contributed by atoms with van der Waals surface area (Å²) in [6.07, 6.45) is 3.76. The van der Waals surface area contributed by atoms with Crippen LogP contribution < -0.4 is 5.32 Å². The third-order valence-corrected chi connectivity index (χ3v) is 3.99. The standard InChI is InChI=1S/C13H17BrN2O3/c1-2-16-7-9(14)6-11(16)12(17)15-10-4-3-8(5-10)13(18)19/h6-8,10H,2-5H2,1H3,(H,15,17)(H,18,19)/t8-,10+/m1/s1. The first-order chi connectivity index (χ1) is 9.01. The summed E-state index contributed by atoms with van der Waals surface area (Å²) in [6, 6.07) is 1.75. The van der Waals surface area contributed by atoms with Gasteiger partial charge in [-0.1, -0.05) is 0 Å². The summed E-state index contributed by atoms with van der Waals surface area (Å²) in [4.78, 5) is 23.1. The lowest BCUT2D eigenvalue weighted by molar-refractivity contribution is -0.141. The van der Waals surface area contributed by atoms with Gasteiger partial charge in [-0.2, -0.15) is 0 Å². The van der Waals surface area contributed by atoms with E-state index in [1.807, 2.05) is 17.7 Å². The molecule has 0 bridgehead atoms. The van der Waals surface area contributed by atoms with E-state index in [4.69, 9.17) is 5.11 Å². The lowest BCUT2D eigenvalue weighted by atomic mass is 10.1. The van der Waals surface area contributed by atoms with Crippen molar-refractivity contribution >= 4 is 27.8 Å². The van der Waals surface area contributed by atoms with Crippen LogP contribution >= 0.6 is 15.9 Å². The van der Waals surface area contributed by atoms with Gasteiger partial charge in [0.1, 0.15) is 5.69 Å². The van der Waals surface area contributed by atoms with Crippen LogP contribution in [0, 0.1) is 5.92 Å². The smallest absolute Gasteiger partial charge is 0.306 e. The summed E-state index contributed by atoms with van der Waals surface area (Å²) >= 11 is 3.35. The molecule has 6 heteroatoms. The topological polar surface area (TPSA) is 71.3 Å². The van der Waals surface area contributed by atoms with Crippen molar-refractivity contribution in [3.8, 4) is 0 Å². The molecule has 1 fully saturated rings. The molecule has 1 heterocycles. The van der Waals surface area contributed by atoms with E-state index in [0.717, 1.165) is 17.4 Å². The summed E-state index contributed by atoms with van der Waals surface area (Å²) in [7, 11) is 0. The molecule has 1 amide bonds. The molecule has 0 spiro atoms. The number of carbonyl (C=O) groups is 2. The molecule has 1 aromatic rings. The number of rotatable bonds is 4. The van der Waals surface area contributed by atoms with Crippen LogP contribution in [-0.4, -0.2) is 27.6 Å². The molecule has 2 rings (SSSR count). The van der Waals surface area contributed by atoms with Crippen LogP contribution in [0.3, 0.4) is 0 Å². The van der Waals surface area contributed by atoms with Gasteiger partial charge < -0.3 is 15.0 Å². The van der Waals surface area contributed by atoms with E-state index in [0.29, 0.717) is 18.5 Å². The minimum absolute atomic E-state index is 0.0346. The maximum atomic E-state index is 12.2. The number of nitrogens with one attached hydrogen (secondary N) is 1. The molecule has 1 aliphatic carbocycles. The number of amides is 1. The number of carboxylic acids is 1. The maximum Gasteiger partial charge on any atom is 0.306 e. The summed E-state index contributed by atoms with van der Waals surface area (Å²) in [5, 5.41) is 11.9. The van der Waals surface area contributed by atoms with E-state index in [1.165, 1.54) is 0 Å². The summed E-state index contributed by atoms with van der Waals surface area (Å²) in [5.74, 6) is -1.23. The van der Waals surface area contributed by atoms with Crippen molar-refractivity contribution < 1.29 is 14.7 Å². The number of hydrogen-bond acceptors (Lipinski definition) is 2. The van der Waals surface area contributed by atoms with Gasteiger partial charge in [0.15, 0.2) is 0 Å². The molecule has 1 aliphatic rings. The average molecular weight is 329 g/mol. The second-order valence-corrected chi connectivity index (χ2v) is 5.76. The minimum Gasteiger partial charge on any atom is -0.481 e. The number of aliphatic carboxylic acids is 1. The van der Waals surface area contributed by atoms with Crippen LogP contribution in [0.1, 0.15) is 36.7 Å². The Morgan fingerprint density at radius 3 is 2.84 bits per heavy atom. The highest BCUT2D eigenvalue weighted by Gasteiger charge is 2.31. The van der Waals surface area contributed by atoms with Crippen molar-refractivity contribution in [2.24, 2.45) is 5.92 Å². The van der Waals surface area contributed by atoms with Crippen LogP contribution in [0.4, 0.5) is 0 Å². The van der Waals surface area contributed by atoms with Crippen molar-refractivity contribution in [2.75, 3.05) is 0 Å². The van der Waals surface area contributed by atoms with E-state index in [2.05, 4.69) is 21.2 Å². The number of carbonyl (C=O) groups excluding carboxylic acids is 1. The molecule has 1 aromatic heterocycles. The first-order valence-electron chi connectivity index (χ1n) is 6.40. The average Bonchev–Trinajstić information content (AvgIpc) is 2.95. The van der Waals surface area contributed by atoms with Gasteiger partial charge in [0.05, 0.1) is 5.92 Å². The second-order valence-electron chi connectivity index (χ2n) is 4.85. The van der Waals surface area contributed by atoms with Crippen LogP contribution in [0.25, 0.3) is 0 Å². The number of aromatic nitrogens is 1. The summed E-state index contributed by atoms with van der Waals surface area (Å²) in [5.41, 5.74) is 0.605. The first-order valence-corrected chi connectivity index (χ1v) is 7.20. The lowest BCUT2D eigenvalue weighted by Crippen LogP contribution is -2.34. The zero-order valence-electron chi connectivity index (χ0n) is 10.7. The van der Waals surface area contributed by atoms with E-state index in [-0.39, 0.29) is 17.9 Å². The van der Waals surface area contributed by atoms with Crippen molar-refractivity contribution in [3.05, 3.63) is 22.4 Å². The van der Waals surface area contributed by atoms with Gasteiger partial charge in [0, 0.05) is 23.3 Å². The molecule has 1 saturated carbocycles. The first kappa shape index (κ1) is 14.1. The SMILES string of the molecule is CCn1cc(Br)cc1C(=O)N[C@H]1CC[C@@H](C(=O)O)C1. The fourth-order valence-electron chi connectivity index (χ4n) is 2.52. The van der Waals surface area contributed by atoms with E-state index < -0.39 is 5.97 Å². The minimum atomic E-state index is -0.767. The van der Waals surface area contributed by atoms with Gasteiger partial charge in [0.2, 0.25) is 0 Å². The predicted octanol–water partition coefficient (Wildman–Crippen LogP) is 2.25. The Kier molecular flexibility index (Phi) is 4.29. The number of nitrogens with zero attached hydrogens (tertiary/aromatic N) is 1. The highest BCUT2D eigenvalue weighted by molar-refractivity contribution is 9.10. The third-order valence-electron chi connectivity index (χ3n) is 3.55. The van der Waals surface area contributed by atoms with E-state index >= 15 is 0 Å². The van der Waals surface area contributed by atoms with Crippen LogP contribution in [0.2, 0.25) is 0 Å². The van der Waals surface area contributed by atoms with Crippen molar-refractivity contribution in [2.45, 2.75) is 38.8 Å². The van der Waals surface area contributed by atoms with E-state index in [9.17, 15) is 9.59 Å². The van der Waals surface area contributed by atoms with Crippen molar-refractivity contribution in [3.63, 3.8) is 0 Å². The molecule has 0 aliphatic heterocycles. The molecule has 0 saturated heterocycles. The van der Waals surface area contributed by atoms with Gasteiger partial charge in [-0.15, -0.1) is 0 Å². The molecule has 2 atom stereocenters. The molecular weight excluding hydrogens is 312 g/mol. The van der Waals surface area contributed by atoms with Crippen molar-refractivity contribution in [1.82, 2.24) is 9.88 Å². The van der Waals surface area contributed by atoms with Gasteiger partial charge in [-0.05, 0) is 48.2 Å². The van der Waals surface area contributed by atoms with Gasteiger partial charge >= 0.3 is 5.97 Å². The van der Waals surface area contributed by atoms with E-state index in [1.54, 1.807) is 6.07 Å². The van der Waals surface area contributed by atoms with Gasteiger partial charge in [-0.25, -0.2) is 0 Å². The summed E-state index contributed by atoms with van der Waals surface area (Å²) < 4.78 is 2.73.